The number of carbonyl (C=O) groups is 2. The van der Waals surface area contributed by atoms with Crippen molar-refractivity contribution < 1.29 is 27.9 Å². The van der Waals surface area contributed by atoms with Crippen LogP contribution in [-0.4, -0.2) is 57.5 Å². The third-order valence-electron chi connectivity index (χ3n) is 5.14. The molecule has 0 aliphatic heterocycles. The molecule has 4 aromatic heterocycles. The number of fused-ring (bicyclic) bond motifs is 1. The van der Waals surface area contributed by atoms with Crippen LogP contribution in [0.25, 0.3) is 22.4 Å². The number of hydrogen-bond acceptors (Lipinski definition) is 9. The Morgan fingerprint density at radius 2 is 1.85 bits per heavy atom. The highest BCUT2D eigenvalue weighted by atomic mass is 35.5. The molecule has 4 N–H and O–H groups in total. The first kappa shape index (κ1) is 28.4. The standard InChI is InChI=1S/C21H18ClN9OS.C2HF3O2/c1-10-6-12(25-20(32)17-7-11(2)29-31(17)3)8-16(24-10)19-27-21(33-30-19)26-15-5-4-14-13(18(15)22)9-23-28-14;3-2(4,5)1(6)7/h4-9H,1-3H3,(H,23,28)(H,24,25,32)(H,26,27,30);(H,6,7). The Bertz CT molecular complexity index is 1710. The van der Waals surface area contributed by atoms with Crippen molar-refractivity contribution in [2.45, 2.75) is 20.0 Å². The maximum absolute atomic E-state index is 12.7. The third kappa shape index (κ3) is 6.52. The van der Waals surface area contributed by atoms with Gasteiger partial charge in [-0.1, -0.05) is 11.6 Å². The number of carbonyl (C=O) groups excluding carboxylic acids is 1. The molecule has 0 unspecified atom stereocenters. The van der Waals surface area contributed by atoms with Crippen LogP contribution in [-0.2, 0) is 11.8 Å². The van der Waals surface area contributed by atoms with E-state index in [0.717, 1.165) is 22.3 Å². The summed E-state index contributed by atoms with van der Waals surface area (Å²) in [5.74, 6) is -2.57. The number of amides is 1. The van der Waals surface area contributed by atoms with Crippen LogP contribution in [0.2, 0.25) is 5.02 Å². The van der Waals surface area contributed by atoms with Crippen LogP contribution in [0.5, 0.6) is 0 Å². The molecule has 0 aliphatic rings. The lowest BCUT2D eigenvalue weighted by Crippen LogP contribution is -2.21. The van der Waals surface area contributed by atoms with E-state index in [9.17, 15) is 18.0 Å². The first-order chi connectivity index (χ1) is 18.8. The predicted octanol–water partition coefficient (Wildman–Crippen LogP) is 5.11. The van der Waals surface area contributed by atoms with Crippen molar-refractivity contribution in [3.8, 4) is 11.5 Å². The highest BCUT2D eigenvalue weighted by Crippen LogP contribution is 2.33. The Balaban J connectivity index is 0.000000470. The summed E-state index contributed by atoms with van der Waals surface area (Å²) in [7, 11) is 1.73. The molecule has 1 amide bonds. The number of aromatic amines is 1. The number of nitrogens with one attached hydrogen (secondary N) is 3. The number of halogens is 4. The number of H-pyrrole nitrogens is 1. The molecule has 0 atom stereocenters. The van der Waals surface area contributed by atoms with E-state index in [1.165, 1.54) is 11.5 Å². The molecule has 12 nitrogen and oxygen atoms in total. The van der Waals surface area contributed by atoms with Crippen LogP contribution in [0.15, 0.2) is 36.5 Å². The second kappa shape index (κ2) is 11.3. The van der Waals surface area contributed by atoms with Crippen molar-refractivity contribution in [3.05, 3.63) is 58.6 Å². The van der Waals surface area contributed by atoms with E-state index in [0.29, 0.717) is 38.7 Å². The average Bonchev–Trinajstić information content (AvgIpc) is 3.60. The van der Waals surface area contributed by atoms with Gasteiger partial charge in [0.2, 0.25) is 5.13 Å². The number of carboxylic acid groups (broad SMARTS) is 1. The smallest absolute Gasteiger partial charge is 0.475 e. The molecule has 0 aliphatic carbocycles. The molecule has 5 aromatic rings. The zero-order valence-electron chi connectivity index (χ0n) is 20.8. The second-order valence-electron chi connectivity index (χ2n) is 8.24. The van der Waals surface area contributed by atoms with Gasteiger partial charge in [0.05, 0.1) is 28.1 Å². The van der Waals surface area contributed by atoms with Crippen molar-refractivity contribution in [1.29, 1.82) is 0 Å². The second-order valence-corrected chi connectivity index (χ2v) is 9.37. The van der Waals surface area contributed by atoms with Gasteiger partial charge in [-0.3, -0.25) is 14.6 Å². The summed E-state index contributed by atoms with van der Waals surface area (Å²) in [6.45, 7) is 3.68. The molecule has 40 heavy (non-hydrogen) atoms. The Morgan fingerprint density at radius 3 is 2.50 bits per heavy atom. The number of hydrogen-bond donors (Lipinski definition) is 4. The largest absolute Gasteiger partial charge is 0.490 e. The van der Waals surface area contributed by atoms with E-state index in [2.05, 4.69) is 40.3 Å². The SMILES string of the molecule is Cc1cc(NC(=O)c2cc(C)nn2C)cc(-c2nsc(Nc3ccc4[nH]ncc4c3Cl)n2)n1.O=C(O)C(F)(F)F. The molecule has 0 spiro atoms. The summed E-state index contributed by atoms with van der Waals surface area (Å²) >= 11 is 7.67. The minimum absolute atomic E-state index is 0.257. The van der Waals surface area contributed by atoms with Crippen molar-refractivity contribution in [2.75, 3.05) is 10.6 Å². The number of rotatable bonds is 5. The Kier molecular flexibility index (Phi) is 8.01. The van der Waals surface area contributed by atoms with Gasteiger partial charge in [0, 0.05) is 35.3 Å². The molecular weight excluding hydrogens is 575 g/mol. The highest BCUT2D eigenvalue weighted by Gasteiger charge is 2.38. The average molecular weight is 594 g/mol. The van der Waals surface area contributed by atoms with Gasteiger partial charge in [-0.05, 0) is 44.2 Å². The number of aliphatic carboxylic acids is 1. The summed E-state index contributed by atoms with van der Waals surface area (Å²) in [5, 5.41) is 26.3. The zero-order chi connectivity index (χ0) is 29.2. The van der Waals surface area contributed by atoms with Crippen molar-refractivity contribution in [1.82, 2.24) is 34.3 Å². The molecule has 0 radical (unpaired) electrons. The van der Waals surface area contributed by atoms with Crippen LogP contribution < -0.4 is 10.6 Å². The molecule has 0 saturated heterocycles. The van der Waals surface area contributed by atoms with Crippen LogP contribution in [0, 0.1) is 13.8 Å². The molecule has 0 fully saturated rings. The molecule has 0 bridgehead atoms. The van der Waals surface area contributed by atoms with Crippen LogP contribution >= 0.6 is 23.1 Å². The number of aryl methyl sites for hydroxylation is 3. The normalized spacial score (nSPS) is 11.2. The number of nitrogens with zero attached hydrogens (tertiary/aromatic N) is 6. The summed E-state index contributed by atoms with van der Waals surface area (Å²) in [5.41, 5.74) is 4.66. The first-order valence-electron chi connectivity index (χ1n) is 11.2. The fourth-order valence-corrected chi connectivity index (χ4v) is 4.30. The maximum Gasteiger partial charge on any atom is 0.490 e. The van der Waals surface area contributed by atoms with Gasteiger partial charge in [0.15, 0.2) is 5.82 Å². The van der Waals surface area contributed by atoms with E-state index in [4.69, 9.17) is 21.5 Å². The molecular formula is C23H19ClF3N9O3S. The molecule has 208 valence electrons. The molecule has 4 heterocycles. The fourth-order valence-electron chi connectivity index (χ4n) is 3.45. The number of pyridine rings is 1. The molecule has 1 aromatic carbocycles. The van der Waals surface area contributed by atoms with Crippen LogP contribution in [0.4, 0.5) is 29.7 Å². The predicted molar refractivity (Wildman–Crippen MR) is 142 cm³/mol. The minimum Gasteiger partial charge on any atom is -0.475 e. The quantitative estimate of drug-likeness (QED) is 0.217. The molecule has 17 heteroatoms. The lowest BCUT2D eigenvalue weighted by atomic mass is 10.2. The number of carboxylic acids is 1. The monoisotopic (exact) mass is 593 g/mol. The summed E-state index contributed by atoms with van der Waals surface area (Å²) in [4.78, 5) is 30.6. The number of alkyl halides is 3. The summed E-state index contributed by atoms with van der Waals surface area (Å²) < 4.78 is 37.7. The summed E-state index contributed by atoms with van der Waals surface area (Å²) in [6.07, 6.45) is -3.41. The Labute approximate surface area is 232 Å². The van der Waals surface area contributed by atoms with Gasteiger partial charge in [-0.2, -0.15) is 32.7 Å². The number of aromatic nitrogens is 7. The molecule has 5 rings (SSSR count). The van der Waals surface area contributed by atoms with Gasteiger partial charge >= 0.3 is 12.1 Å². The fraction of sp³-hybridized carbons (Fsp3) is 0.174. The van der Waals surface area contributed by atoms with Gasteiger partial charge < -0.3 is 15.7 Å². The first-order valence-corrected chi connectivity index (χ1v) is 12.3. The molecule has 0 saturated carbocycles. The summed E-state index contributed by atoms with van der Waals surface area (Å²) in [6, 6.07) is 9.00. The van der Waals surface area contributed by atoms with E-state index in [1.54, 1.807) is 36.1 Å². The van der Waals surface area contributed by atoms with Crippen LogP contribution in [0.1, 0.15) is 21.9 Å². The zero-order valence-corrected chi connectivity index (χ0v) is 22.4. The van der Waals surface area contributed by atoms with Gasteiger partial charge in [0.1, 0.15) is 11.4 Å². The maximum atomic E-state index is 12.7. The van der Waals surface area contributed by atoms with Crippen LogP contribution in [0.3, 0.4) is 0 Å². The Hall–Kier alpha value is -4.57. The van der Waals surface area contributed by atoms with Crippen molar-refractivity contribution in [2.24, 2.45) is 7.05 Å². The van der Waals surface area contributed by atoms with Gasteiger partial charge in [-0.15, -0.1) is 0 Å². The third-order valence-corrected chi connectivity index (χ3v) is 6.18. The highest BCUT2D eigenvalue weighted by molar-refractivity contribution is 7.10. The lowest BCUT2D eigenvalue weighted by Gasteiger charge is -2.08. The lowest BCUT2D eigenvalue weighted by molar-refractivity contribution is -0.192. The van der Waals surface area contributed by atoms with E-state index >= 15 is 0 Å². The number of anilines is 3. The Morgan fingerprint density at radius 1 is 1.12 bits per heavy atom. The number of benzene rings is 1. The van der Waals surface area contributed by atoms with E-state index in [-0.39, 0.29) is 5.91 Å². The van der Waals surface area contributed by atoms with Crippen molar-refractivity contribution in [3.63, 3.8) is 0 Å². The van der Waals surface area contributed by atoms with E-state index < -0.39 is 12.1 Å². The van der Waals surface area contributed by atoms with E-state index in [1.807, 2.05) is 26.0 Å². The van der Waals surface area contributed by atoms with Crippen molar-refractivity contribution >= 4 is 62.4 Å². The minimum atomic E-state index is -5.08. The topological polar surface area (TPSA) is 164 Å². The van der Waals surface area contributed by atoms with Gasteiger partial charge in [-0.25, -0.2) is 9.78 Å². The van der Waals surface area contributed by atoms with Gasteiger partial charge in [0.25, 0.3) is 5.91 Å².